The summed E-state index contributed by atoms with van der Waals surface area (Å²) in [6.45, 7) is 8.77. The Morgan fingerprint density at radius 1 is 1.08 bits per heavy atom. The normalized spacial score (nSPS) is 14.0. The molecule has 0 radical (unpaired) electrons. The summed E-state index contributed by atoms with van der Waals surface area (Å²) in [5.41, 5.74) is 3.08. The van der Waals surface area contributed by atoms with Crippen LogP contribution in [-0.2, 0) is 11.3 Å². The summed E-state index contributed by atoms with van der Waals surface area (Å²) in [7, 11) is 0. The monoisotopic (exact) mass is 530 g/mol. The van der Waals surface area contributed by atoms with Crippen LogP contribution >= 0.6 is 0 Å². The maximum Gasteiger partial charge on any atom is 0.407 e. The van der Waals surface area contributed by atoms with Crippen LogP contribution in [0.1, 0.15) is 56.0 Å². The van der Waals surface area contributed by atoms with Gasteiger partial charge in [-0.05, 0) is 75.8 Å². The van der Waals surface area contributed by atoms with Crippen molar-refractivity contribution in [2.24, 2.45) is 5.92 Å². The van der Waals surface area contributed by atoms with Gasteiger partial charge in [0, 0.05) is 43.8 Å². The number of hydrogen-bond donors (Lipinski definition) is 3. The first kappa shape index (κ1) is 27.9. The highest BCUT2D eigenvalue weighted by atomic mass is 16.6. The number of amides is 1. The molecule has 9 heteroatoms. The van der Waals surface area contributed by atoms with Gasteiger partial charge < -0.3 is 25.6 Å². The number of carbonyl (C=O) groups is 2. The summed E-state index contributed by atoms with van der Waals surface area (Å²) in [5, 5.41) is 9.34. The molecule has 2 heterocycles. The maximum atomic E-state index is 11.8. The second kappa shape index (κ2) is 13.1. The van der Waals surface area contributed by atoms with E-state index in [1.54, 1.807) is 0 Å². The van der Waals surface area contributed by atoms with Crippen LogP contribution in [0.15, 0.2) is 60.8 Å². The van der Waals surface area contributed by atoms with Gasteiger partial charge in [-0.1, -0.05) is 30.3 Å². The first-order chi connectivity index (χ1) is 18.8. The standard InChI is InChI=1S/C30H38N6O3/c1-30(2,3)39-29(38)31-16-13-22-14-17-36(18-15-22)26-11-9-25(10-12-26)34-28-33-20-24(21-37)27(35-28)32-19-23-7-5-4-6-8-23/h4-12,20-22H,13-19H2,1-3H3,(H,31,38)(H2,32,33,34,35). The van der Waals surface area contributed by atoms with Crippen LogP contribution in [0.4, 0.5) is 27.9 Å². The van der Waals surface area contributed by atoms with Crippen LogP contribution in [0, 0.1) is 5.92 Å². The lowest BCUT2D eigenvalue weighted by molar-refractivity contribution is 0.0524. The summed E-state index contributed by atoms with van der Waals surface area (Å²) < 4.78 is 5.30. The van der Waals surface area contributed by atoms with Gasteiger partial charge in [-0.2, -0.15) is 4.98 Å². The first-order valence-electron chi connectivity index (χ1n) is 13.5. The average Bonchev–Trinajstić information content (AvgIpc) is 2.92. The molecule has 3 aromatic rings. The number of nitrogens with zero attached hydrogens (tertiary/aromatic N) is 3. The third-order valence-electron chi connectivity index (χ3n) is 6.57. The van der Waals surface area contributed by atoms with Crippen molar-refractivity contribution in [2.45, 2.75) is 52.2 Å². The smallest absolute Gasteiger partial charge is 0.407 e. The molecule has 3 N–H and O–H groups in total. The van der Waals surface area contributed by atoms with Crippen molar-refractivity contribution < 1.29 is 14.3 Å². The molecule has 4 rings (SSSR count). The summed E-state index contributed by atoms with van der Waals surface area (Å²) in [6, 6.07) is 18.2. The van der Waals surface area contributed by atoms with Crippen molar-refractivity contribution in [3.63, 3.8) is 0 Å². The number of carbonyl (C=O) groups excluding carboxylic acids is 2. The molecule has 1 amide bonds. The van der Waals surface area contributed by atoms with Crippen molar-refractivity contribution in [1.29, 1.82) is 0 Å². The van der Waals surface area contributed by atoms with Crippen molar-refractivity contribution in [1.82, 2.24) is 15.3 Å². The number of ether oxygens (including phenoxy) is 1. The Hall–Kier alpha value is -4.14. The number of rotatable bonds is 10. The molecular weight excluding hydrogens is 492 g/mol. The Labute approximate surface area is 230 Å². The van der Waals surface area contributed by atoms with Crippen molar-refractivity contribution in [3.05, 3.63) is 71.9 Å². The van der Waals surface area contributed by atoms with E-state index < -0.39 is 5.60 Å². The van der Waals surface area contributed by atoms with Crippen LogP contribution in [0.3, 0.4) is 0 Å². The van der Waals surface area contributed by atoms with Crippen LogP contribution in [0.5, 0.6) is 0 Å². The summed E-state index contributed by atoms with van der Waals surface area (Å²) in [4.78, 5) is 34.5. The number of alkyl carbamates (subject to hydrolysis) is 1. The Balaban J connectivity index is 1.25. The molecule has 1 fully saturated rings. The number of aromatic nitrogens is 2. The molecule has 206 valence electrons. The first-order valence-corrected chi connectivity index (χ1v) is 13.5. The van der Waals surface area contributed by atoms with E-state index >= 15 is 0 Å². The molecule has 1 aromatic heterocycles. The second-order valence-electron chi connectivity index (χ2n) is 10.8. The van der Waals surface area contributed by atoms with Gasteiger partial charge in [0.1, 0.15) is 11.4 Å². The van der Waals surface area contributed by atoms with Gasteiger partial charge in [0.05, 0.1) is 5.56 Å². The molecule has 1 aliphatic heterocycles. The van der Waals surface area contributed by atoms with Gasteiger partial charge in [-0.3, -0.25) is 4.79 Å². The molecule has 2 aromatic carbocycles. The number of hydrogen-bond acceptors (Lipinski definition) is 8. The third-order valence-corrected chi connectivity index (χ3v) is 6.57. The minimum Gasteiger partial charge on any atom is -0.444 e. The van der Waals surface area contributed by atoms with Gasteiger partial charge >= 0.3 is 6.09 Å². The fraction of sp³-hybridized carbons (Fsp3) is 0.400. The van der Waals surface area contributed by atoms with Crippen molar-refractivity contribution in [2.75, 3.05) is 35.2 Å². The average molecular weight is 531 g/mol. The molecule has 0 bridgehead atoms. The number of aldehydes is 1. The van der Waals surface area contributed by atoms with Gasteiger partial charge in [0.2, 0.25) is 5.95 Å². The molecule has 1 saturated heterocycles. The number of nitrogens with one attached hydrogen (secondary N) is 3. The van der Waals surface area contributed by atoms with Gasteiger partial charge in [0.15, 0.2) is 6.29 Å². The molecule has 0 unspecified atom stereocenters. The van der Waals surface area contributed by atoms with E-state index in [1.807, 2.05) is 63.2 Å². The molecule has 0 aliphatic carbocycles. The Morgan fingerprint density at radius 2 is 1.79 bits per heavy atom. The summed E-state index contributed by atoms with van der Waals surface area (Å²) in [6.07, 6.45) is 5.07. The zero-order valence-electron chi connectivity index (χ0n) is 22.9. The van der Waals surface area contributed by atoms with E-state index in [0.29, 0.717) is 36.3 Å². The lowest BCUT2D eigenvalue weighted by Gasteiger charge is -2.33. The van der Waals surface area contributed by atoms with E-state index in [0.717, 1.165) is 49.9 Å². The Bertz CT molecular complexity index is 1220. The molecule has 0 spiro atoms. The van der Waals surface area contributed by atoms with Gasteiger partial charge in [-0.15, -0.1) is 0 Å². The second-order valence-corrected chi connectivity index (χ2v) is 10.8. The fourth-order valence-corrected chi connectivity index (χ4v) is 4.52. The Morgan fingerprint density at radius 3 is 2.46 bits per heavy atom. The minimum absolute atomic E-state index is 0.349. The topological polar surface area (TPSA) is 108 Å². The maximum absolute atomic E-state index is 11.8. The predicted octanol–water partition coefficient (Wildman–Crippen LogP) is 5.78. The van der Waals surface area contributed by atoms with Gasteiger partial charge in [-0.25, -0.2) is 9.78 Å². The van der Waals surface area contributed by atoms with E-state index in [-0.39, 0.29) is 6.09 Å². The minimum atomic E-state index is -0.475. The van der Waals surface area contributed by atoms with Crippen LogP contribution in [0.25, 0.3) is 0 Å². The van der Waals surface area contributed by atoms with E-state index in [4.69, 9.17) is 4.74 Å². The molecule has 0 atom stereocenters. The van der Waals surface area contributed by atoms with Gasteiger partial charge in [0.25, 0.3) is 0 Å². The van der Waals surface area contributed by atoms with Crippen LogP contribution in [0.2, 0.25) is 0 Å². The predicted molar refractivity (Wildman–Crippen MR) is 155 cm³/mol. The summed E-state index contributed by atoms with van der Waals surface area (Å²) >= 11 is 0. The van der Waals surface area contributed by atoms with E-state index in [2.05, 4.69) is 43.0 Å². The van der Waals surface area contributed by atoms with Crippen LogP contribution < -0.4 is 20.9 Å². The highest BCUT2D eigenvalue weighted by molar-refractivity contribution is 5.82. The molecule has 39 heavy (non-hydrogen) atoms. The quantitative estimate of drug-likeness (QED) is 0.283. The molecule has 0 saturated carbocycles. The zero-order valence-corrected chi connectivity index (χ0v) is 22.9. The fourth-order valence-electron chi connectivity index (χ4n) is 4.52. The number of piperidine rings is 1. The van der Waals surface area contributed by atoms with Crippen molar-refractivity contribution in [3.8, 4) is 0 Å². The zero-order chi connectivity index (χ0) is 27.7. The number of benzene rings is 2. The van der Waals surface area contributed by atoms with Crippen molar-refractivity contribution >= 4 is 35.5 Å². The van der Waals surface area contributed by atoms with E-state index in [9.17, 15) is 9.59 Å². The van der Waals surface area contributed by atoms with Crippen LogP contribution in [-0.4, -0.2) is 47.6 Å². The highest BCUT2D eigenvalue weighted by Crippen LogP contribution is 2.27. The lowest BCUT2D eigenvalue weighted by atomic mass is 9.93. The molecule has 1 aliphatic rings. The SMILES string of the molecule is CC(C)(C)OC(=O)NCCC1CCN(c2ccc(Nc3ncc(C=O)c(NCc4ccccc4)n3)cc2)CC1. The van der Waals surface area contributed by atoms with E-state index in [1.165, 1.54) is 11.9 Å². The Kier molecular flexibility index (Phi) is 9.35. The third kappa shape index (κ3) is 8.70. The summed E-state index contributed by atoms with van der Waals surface area (Å²) in [5.74, 6) is 1.50. The molecular formula is C30H38N6O3. The highest BCUT2D eigenvalue weighted by Gasteiger charge is 2.20. The molecule has 9 nitrogen and oxygen atoms in total. The lowest BCUT2D eigenvalue weighted by Crippen LogP contribution is -2.36. The largest absolute Gasteiger partial charge is 0.444 e. The number of anilines is 4.